The summed E-state index contributed by atoms with van der Waals surface area (Å²) in [5, 5.41) is -0.311. The molecule has 0 radical (unpaired) electrons. The average Bonchev–Trinajstić information content (AvgIpc) is 2.72. The van der Waals surface area contributed by atoms with Gasteiger partial charge in [0, 0.05) is 11.1 Å². The molecule has 2 heterocycles. The summed E-state index contributed by atoms with van der Waals surface area (Å²) in [6.45, 7) is 0. The number of benzene rings is 1. The summed E-state index contributed by atoms with van der Waals surface area (Å²) >= 11 is 9.97. The molecule has 0 saturated heterocycles. The highest BCUT2D eigenvalue weighted by Gasteiger charge is 2.32. The fourth-order valence-electron chi connectivity index (χ4n) is 1.96. The standard InChI is InChI=1S/C13H6ClF3N2O2S/c14-8-3-6(13(15,16)17)5-18-11(8)19-9-2-1-7(22)4-10(9)21-12(19)20/h1-5,22H. The van der Waals surface area contributed by atoms with Crippen molar-refractivity contribution in [3.8, 4) is 5.82 Å². The lowest BCUT2D eigenvalue weighted by molar-refractivity contribution is -0.137. The highest BCUT2D eigenvalue weighted by Crippen LogP contribution is 2.32. The lowest BCUT2D eigenvalue weighted by Crippen LogP contribution is -2.15. The maximum absolute atomic E-state index is 12.6. The highest BCUT2D eigenvalue weighted by molar-refractivity contribution is 7.80. The minimum absolute atomic E-state index is 0.134. The molecule has 0 spiro atoms. The molecule has 0 aliphatic carbocycles. The summed E-state index contributed by atoms with van der Waals surface area (Å²) in [6, 6.07) is 5.36. The van der Waals surface area contributed by atoms with Crippen LogP contribution in [0, 0.1) is 0 Å². The van der Waals surface area contributed by atoms with Gasteiger partial charge in [-0.2, -0.15) is 13.2 Å². The van der Waals surface area contributed by atoms with Crippen LogP contribution in [0.25, 0.3) is 16.9 Å². The molecule has 0 amide bonds. The van der Waals surface area contributed by atoms with Crippen LogP contribution in [0.1, 0.15) is 5.56 Å². The molecule has 0 aliphatic heterocycles. The van der Waals surface area contributed by atoms with Crippen molar-refractivity contribution in [3.05, 3.63) is 51.6 Å². The van der Waals surface area contributed by atoms with Gasteiger partial charge in [0.15, 0.2) is 11.4 Å². The predicted octanol–water partition coefficient (Wildman–Crippen LogP) is 3.94. The molecule has 3 rings (SSSR count). The van der Waals surface area contributed by atoms with Crippen molar-refractivity contribution in [2.45, 2.75) is 11.1 Å². The molecule has 22 heavy (non-hydrogen) atoms. The summed E-state index contributed by atoms with van der Waals surface area (Å²) in [5.41, 5.74) is -0.438. The number of thiol groups is 1. The SMILES string of the molecule is O=c1oc2cc(S)ccc2n1-c1ncc(C(F)(F)F)cc1Cl. The number of rotatable bonds is 1. The van der Waals surface area contributed by atoms with E-state index in [1.807, 2.05) is 0 Å². The second-order valence-corrected chi connectivity index (χ2v) is 5.31. The van der Waals surface area contributed by atoms with Crippen LogP contribution < -0.4 is 5.76 Å². The molecule has 0 unspecified atom stereocenters. The molecule has 0 atom stereocenters. The van der Waals surface area contributed by atoms with Crippen LogP contribution in [-0.2, 0) is 6.18 Å². The molecule has 2 aromatic heterocycles. The predicted molar refractivity (Wildman–Crippen MR) is 76.9 cm³/mol. The van der Waals surface area contributed by atoms with Crippen LogP contribution in [0.3, 0.4) is 0 Å². The van der Waals surface area contributed by atoms with Crippen molar-refractivity contribution in [3.63, 3.8) is 0 Å². The van der Waals surface area contributed by atoms with E-state index in [4.69, 9.17) is 16.0 Å². The molecule has 0 fully saturated rings. The quantitative estimate of drug-likeness (QED) is 0.679. The minimum Gasteiger partial charge on any atom is -0.407 e. The largest absolute Gasteiger partial charge is 0.425 e. The summed E-state index contributed by atoms with van der Waals surface area (Å²) in [4.78, 5) is 16.2. The molecule has 114 valence electrons. The van der Waals surface area contributed by atoms with E-state index in [0.29, 0.717) is 22.7 Å². The molecule has 0 saturated carbocycles. The number of oxazole rings is 1. The van der Waals surface area contributed by atoms with Gasteiger partial charge in [-0.1, -0.05) is 11.6 Å². The van der Waals surface area contributed by atoms with Crippen molar-refractivity contribution < 1.29 is 17.6 Å². The van der Waals surface area contributed by atoms with E-state index in [-0.39, 0.29) is 16.4 Å². The third-order valence-electron chi connectivity index (χ3n) is 2.93. The molecule has 0 N–H and O–H groups in total. The van der Waals surface area contributed by atoms with Gasteiger partial charge < -0.3 is 4.42 Å². The number of aromatic nitrogens is 2. The maximum Gasteiger partial charge on any atom is 0.425 e. The van der Waals surface area contributed by atoms with E-state index >= 15 is 0 Å². The number of hydrogen-bond acceptors (Lipinski definition) is 4. The Morgan fingerprint density at radius 3 is 2.64 bits per heavy atom. The minimum atomic E-state index is -4.57. The van der Waals surface area contributed by atoms with Gasteiger partial charge in [-0.25, -0.2) is 14.3 Å². The number of fused-ring (bicyclic) bond motifs is 1. The van der Waals surface area contributed by atoms with Crippen molar-refractivity contribution in [2.75, 3.05) is 0 Å². The van der Waals surface area contributed by atoms with Gasteiger partial charge in [-0.3, -0.25) is 0 Å². The topological polar surface area (TPSA) is 48.0 Å². The first-order chi connectivity index (χ1) is 10.3. The Morgan fingerprint density at radius 2 is 2.00 bits per heavy atom. The fraction of sp³-hybridized carbons (Fsp3) is 0.0769. The number of hydrogen-bond donors (Lipinski definition) is 1. The van der Waals surface area contributed by atoms with E-state index < -0.39 is 17.5 Å². The number of alkyl halides is 3. The Balaban J connectivity index is 2.24. The van der Waals surface area contributed by atoms with Crippen molar-refractivity contribution >= 4 is 35.3 Å². The number of pyridine rings is 1. The van der Waals surface area contributed by atoms with Gasteiger partial charge >= 0.3 is 11.9 Å². The average molecular weight is 347 g/mol. The van der Waals surface area contributed by atoms with E-state index in [1.54, 1.807) is 6.07 Å². The first-order valence-electron chi connectivity index (χ1n) is 5.85. The van der Waals surface area contributed by atoms with Gasteiger partial charge in [-0.05, 0) is 24.3 Å². The molecule has 0 bridgehead atoms. The van der Waals surface area contributed by atoms with Crippen molar-refractivity contribution in [2.24, 2.45) is 0 Å². The lowest BCUT2D eigenvalue weighted by Gasteiger charge is -2.09. The molecular weight excluding hydrogens is 341 g/mol. The summed E-state index contributed by atoms with van der Waals surface area (Å²) in [7, 11) is 0. The molecule has 3 aromatic rings. The third kappa shape index (κ3) is 2.48. The van der Waals surface area contributed by atoms with Crippen LogP contribution in [0.2, 0.25) is 5.02 Å². The summed E-state index contributed by atoms with van der Waals surface area (Å²) < 4.78 is 43.9. The first kappa shape index (κ1) is 15.0. The van der Waals surface area contributed by atoms with E-state index in [2.05, 4.69) is 17.6 Å². The summed E-state index contributed by atoms with van der Waals surface area (Å²) in [6.07, 6.45) is -3.96. The second kappa shape index (κ2) is 5.06. The Hall–Kier alpha value is -1.93. The van der Waals surface area contributed by atoms with Crippen LogP contribution in [0.5, 0.6) is 0 Å². The van der Waals surface area contributed by atoms with Crippen LogP contribution in [0.15, 0.2) is 44.6 Å². The first-order valence-corrected chi connectivity index (χ1v) is 6.67. The molecule has 4 nitrogen and oxygen atoms in total. The van der Waals surface area contributed by atoms with Gasteiger partial charge in [0.05, 0.1) is 16.1 Å². The van der Waals surface area contributed by atoms with E-state index in [1.165, 1.54) is 12.1 Å². The van der Waals surface area contributed by atoms with Gasteiger partial charge in [0.2, 0.25) is 0 Å². The van der Waals surface area contributed by atoms with Crippen LogP contribution >= 0.6 is 24.2 Å². The van der Waals surface area contributed by atoms with Crippen molar-refractivity contribution in [1.82, 2.24) is 9.55 Å². The van der Waals surface area contributed by atoms with Crippen molar-refractivity contribution in [1.29, 1.82) is 0 Å². The van der Waals surface area contributed by atoms with E-state index in [0.717, 1.165) is 4.57 Å². The number of nitrogens with zero attached hydrogens (tertiary/aromatic N) is 2. The Kier molecular flexibility index (Phi) is 3.45. The number of halogens is 4. The Labute approximate surface area is 131 Å². The Morgan fingerprint density at radius 1 is 1.27 bits per heavy atom. The summed E-state index contributed by atoms with van der Waals surface area (Å²) in [5.74, 6) is -0.937. The normalized spacial score (nSPS) is 12.0. The van der Waals surface area contributed by atoms with Crippen LogP contribution in [-0.4, -0.2) is 9.55 Å². The Bertz CT molecular complexity index is 933. The zero-order valence-electron chi connectivity index (χ0n) is 10.6. The third-order valence-corrected chi connectivity index (χ3v) is 3.48. The highest BCUT2D eigenvalue weighted by atomic mass is 35.5. The zero-order chi connectivity index (χ0) is 16.1. The lowest BCUT2D eigenvalue weighted by atomic mass is 10.2. The molecular formula is C13H6ClF3N2O2S. The monoisotopic (exact) mass is 346 g/mol. The molecule has 1 aromatic carbocycles. The smallest absolute Gasteiger partial charge is 0.407 e. The van der Waals surface area contributed by atoms with Gasteiger partial charge in [0.25, 0.3) is 0 Å². The van der Waals surface area contributed by atoms with E-state index in [9.17, 15) is 18.0 Å². The maximum atomic E-state index is 12.6. The molecule has 9 heteroatoms. The molecule has 0 aliphatic rings. The second-order valence-electron chi connectivity index (χ2n) is 4.38. The van der Waals surface area contributed by atoms with Gasteiger partial charge in [-0.15, -0.1) is 12.6 Å². The van der Waals surface area contributed by atoms with Gasteiger partial charge in [0.1, 0.15) is 0 Å². The zero-order valence-corrected chi connectivity index (χ0v) is 12.2. The fourth-order valence-corrected chi connectivity index (χ4v) is 2.40. The van der Waals surface area contributed by atoms with Crippen LogP contribution in [0.4, 0.5) is 13.2 Å².